The van der Waals surface area contributed by atoms with E-state index in [1.165, 1.54) is 29.5 Å². The summed E-state index contributed by atoms with van der Waals surface area (Å²) in [5.41, 5.74) is 0.731. The molecule has 0 spiro atoms. The average molecular weight is 393 g/mol. The fourth-order valence-electron chi connectivity index (χ4n) is 2.68. The molecule has 2 aromatic carbocycles. The summed E-state index contributed by atoms with van der Waals surface area (Å²) in [4.78, 5) is 5.42. The summed E-state index contributed by atoms with van der Waals surface area (Å²) in [6.45, 7) is 3.83. The van der Waals surface area contributed by atoms with Gasteiger partial charge in [0.15, 0.2) is 0 Å². The summed E-state index contributed by atoms with van der Waals surface area (Å²) in [6, 6.07) is 11.5. The van der Waals surface area contributed by atoms with Crippen molar-refractivity contribution >= 4 is 11.3 Å². The van der Waals surface area contributed by atoms with Gasteiger partial charge in [-0.3, -0.25) is 0 Å². The number of hydrogen-bond acceptors (Lipinski definition) is 4. The zero-order chi connectivity index (χ0) is 19.6. The molecule has 0 bridgehead atoms. The average Bonchev–Trinajstić information content (AvgIpc) is 3.01. The SMILES string of the molecule is CCC(Oc1cccc(O)c1)c1sc(-c2ccc(C(F)(F)F)cc2)nc1C. The van der Waals surface area contributed by atoms with Crippen LogP contribution in [0.4, 0.5) is 13.2 Å². The van der Waals surface area contributed by atoms with Gasteiger partial charge in [-0.05, 0) is 37.6 Å². The van der Waals surface area contributed by atoms with E-state index in [1.807, 2.05) is 13.8 Å². The molecule has 3 nitrogen and oxygen atoms in total. The number of rotatable bonds is 5. The molecule has 0 radical (unpaired) electrons. The van der Waals surface area contributed by atoms with E-state index in [1.54, 1.807) is 18.2 Å². The van der Waals surface area contributed by atoms with Gasteiger partial charge < -0.3 is 9.84 Å². The monoisotopic (exact) mass is 393 g/mol. The summed E-state index contributed by atoms with van der Waals surface area (Å²) < 4.78 is 44.2. The molecule has 0 saturated heterocycles. The third-order valence-corrected chi connectivity index (χ3v) is 5.35. The molecule has 3 aromatic rings. The molecule has 7 heteroatoms. The number of phenolic OH excluding ortho intramolecular Hbond substituents is 1. The van der Waals surface area contributed by atoms with Crippen molar-refractivity contribution in [2.75, 3.05) is 0 Å². The second kappa shape index (κ2) is 7.60. The molecule has 0 fully saturated rings. The lowest BCUT2D eigenvalue weighted by Crippen LogP contribution is -2.06. The molecule has 0 aliphatic heterocycles. The Morgan fingerprint density at radius 1 is 1.15 bits per heavy atom. The Bertz CT molecular complexity index is 920. The van der Waals surface area contributed by atoms with E-state index in [0.717, 1.165) is 22.7 Å². The number of aryl methyl sites for hydroxylation is 1. The molecule has 1 heterocycles. The Labute approximate surface area is 159 Å². The van der Waals surface area contributed by atoms with Crippen molar-refractivity contribution in [2.45, 2.75) is 32.5 Å². The van der Waals surface area contributed by atoms with Crippen LogP contribution in [0.3, 0.4) is 0 Å². The van der Waals surface area contributed by atoms with Crippen LogP contribution in [0.5, 0.6) is 11.5 Å². The number of aromatic hydroxyl groups is 1. The van der Waals surface area contributed by atoms with Crippen LogP contribution in [-0.2, 0) is 6.18 Å². The zero-order valence-electron chi connectivity index (χ0n) is 14.7. The Balaban J connectivity index is 1.86. The maximum atomic E-state index is 12.7. The van der Waals surface area contributed by atoms with E-state index in [4.69, 9.17) is 4.74 Å². The Kier molecular flexibility index (Phi) is 5.41. The number of thiazole rings is 1. The van der Waals surface area contributed by atoms with E-state index in [0.29, 0.717) is 22.7 Å². The predicted octanol–water partition coefficient (Wildman–Crippen LogP) is 6.37. The van der Waals surface area contributed by atoms with Crippen LogP contribution in [0.15, 0.2) is 48.5 Å². The fourth-order valence-corrected chi connectivity index (χ4v) is 3.86. The van der Waals surface area contributed by atoms with Gasteiger partial charge in [0.25, 0.3) is 0 Å². The van der Waals surface area contributed by atoms with Crippen LogP contribution < -0.4 is 4.74 Å². The molecule has 0 saturated carbocycles. The molecule has 0 amide bonds. The molecule has 27 heavy (non-hydrogen) atoms. The fraction of sp³-hybridized carbons (Fsp3) is 0.250. The highest BCUT2D eigenvalue weighted by atomic mass is 32.1. The van der Waals surface area contributed by atoms with Gasteiger partial charge in [0.2, 0.25) is 0 Å². The predicted molar refractivity (Wildman–Crippen MR) is 99.1 cm³/mol. The number of halogens is 3. The van der Waals surface area contributed by atoms with Crippen molar-refractivity contribution in [3.63, 3.8) is 0 Å². The molecule has 0 aliphatic carbocycles. The smallest absolute Gasteiger partial charge is 0.416 e. The highest BCUT2D eigenvalue weighted by molar-refractivity contribution is 7.15. The first-order valence-corrected chi connectivity index (χ1v) is 9.20. The highest BCUT2D eigenvalue weighted by Crippen LogP contribution is 2.37. The quantitative estimate of drug-likeness (QED) is 0.547. The molecule has 1 unspecified atom stereocenters. The molecular weight excluding hydrogens is 375 g/mol. The zero-order valence-corrected chi connectivity index (χ0v) is 15.6. The summed E-state index contributed by atoms with van der Waals surface area (Å²) in [5, 5.41) is 10.2. The van der Waals surface area contributed by atoms with Crippen molar-refractivity contribution in [2.24, 2.45) is 0 Å². The van der Waals surface area contributed by atoms with Crippen molar-refractivity contribution in [3.8, 4) is 22.1 Å². The summed E-state index contributed by atoms with van der Waals surface area (Å²) in [6.07, 6.45) is -3.93. The number of phenols is 1. The number of hydrogen-bond donors (Lipinski definition) is 1. The molecule has 1 atom stereocenters. The minimum Gasteiger partial charge on any atom is -0.508 e. The first kappa shape index (κ1) is 19.2. The van der Waals surface area contributed by atoms with Gasteiger partial charge in [-0.15, -0.1) is 11.3 Å². The van der Waals surface area contributed by atoms with Crippen LogP contribution in [0, 0.1) is 6.92 Å². The van der Waals surface area contributed by atoms with E-state index in [2.05, 4.69) is 4.98 Å². The Hall–Kier alpha value is -2.54. The highest BCUT2D eigenvalue weighted by Gasteiger charge is 2.30. The number of alkyl halides is 3. The van der Waals surface area contributed by atoms with Crippen LogP contribution in [0.1, 0.15) is 35.6 Å². The summed E-state index contributed by atoms with van der Waals surface area (Å²) >= 11 is 1.40. The first-order chi connectivity index (χ1) is 12.8. The lowest BCUT2D eigenvalue weighted by molar-refractivity contribution is -0.137. The maximum Gasteiger partial charge on any atom is 0.416 e. The normalized spacial score (nSPS) is 12.8. The maximum absolute atomic E-state index is 12.7. The molecule has 1 aromatic heterocycles. The first-order valence-electron chi connectivity index (χ1n) is 8.38. The van der Waals surface area contributed by atoms with E-state index in [9.17, 15) is 18.3 Å². The molecule has 0 aliphatic rings. The number of ether oxygens (including phenoxy) is 1. The van der Waals surface area contributed by atoms with Gasteiger partial charge >= 0.3 is 6.18 Å². The number of nitrogens with zero attached hydrogens (tertiary/aromatic N) is 1. The van der Waals surface area contributed by atoms with E-state index < -0.39 is 11.7 Å². The molecule has 1 N–H and O–H groups in total. The van der Waals surface area contributed by atoms with Crippen LogP contribution in [0.2, 0.25) is 0 Å². The largest absolute Gasteiger partial charge is 0.508 e. The Morgan fingerprint density at radius 2 is 1.85 bits per heavy atom. The van der Waals surface area contributed by atoms with Crippen molar-refractivity contribution in [1.82, 2.24) is 4.98 Å². The summed E-state index contributed by atoms with van der Waals surface area (Å²) in [7, 11) is 0. The molecule has 3 rings (SSSR count). The number of aromatic nitrogens is 1. The minimum absolute atomic E-state index is 0.119. The van der Waals surface area contributed by atoms with Crippen LogP contribution in [-0.4, -0.2) is 10.1 Å². The number of benzene rings is 2. The lowest BCUT2D eigenvalue weighted by Gasteiger charge is -2.16. The van der Waals surface area contributed by atoms with E-state index >= 15 is 0 Å². The second-order valence-corrected chi connectivity index (χ2v) is 7.09. The van der Waals surface area contributed by atoms with Crippen LogP contribution >= 0.6 is 11.3 Å². The van der Waals surface area contributed by atoms with Gasteiger partial charge in [0.1, 0.15) is 22.6 Å². The molecule has 142 valence electrons. The van der Waals surface area contributed by atoms with Gasteiger partial charge in [-0.1, -0.05) is 25.1 Å². The lowest BCUT2D eigenvalue weighted by atomic mass is 10.1. The minimum atomic E-state index is -4.36. The summed E-state index contributed by atoms with van der Waals surface area (Å²) in [5.74, 6) is 0.666. The van der Waals surface area contributed by atoms with Crippen LogP contribution in [0.25, 0.3) is 10.6 Å². The Morgan fingerprint density at radius 3 is 2.44 bits per heavy atom. The third-order valence-electron chi connectivity index (χ3n) is 4.05. The third kappa shape index (κ3) is 4.42. The van der Waals surface area contributed by atoms with Crippen molar-refractivity contribution in [3.05, 3.63) is 64.7 Å². The topological polar surface area (TPSA) is 42.4 Å². The second-order valence-electron chi connectivity index (χ2n) is 6.06. The van der Waals surface area contributed by atoms with Gasteiger partial charge in [0, 0.05) is 11.6 Å². The van der Waals surface area contributed by atoms with Crippen molar-refractivity contribution < 1.29 is 23.0 Å². The van der Waals surface area contributed by atoms with Gasteiger partial charge in [-0.2, -0.15) is 13.2 Å². The standard InChI is InChI=1S/C20H18F3NO2S/c1-3-17(26-16-6-4-5-15(25)11-16)18-12(2)24-19(27-18)13-7-9-14(10-8-13)20(21,22)23/h4-11,17,25H,3H2,1-2H3. The van der Waals surface area contributed by atoms with E-state index in [-0.39, 0.29) is 11.9 Å². The van der Waals surface area contributed by atoms with Gasteiger partial charge in [0.05, 0.1) is 16.1 Å². The van der Waals surface area contributed by atoms with Crippen molar-refractivity contribution in [1.29, 1.82) is 0 Å². The van der Waals surface area contributed by atoms with Gasteiger partial charge in [-0.25, -0.2) is 4.98 Å². The molecular formula is C20H18F3NO2S.